The van der Waals surface area contributed by atoms with Crippen molar-refractivity contribution < 1.29 is 14.0 Å². The summed E-state index contributed by atoms with van der Waals surface area (Å²) in [6.07, 6.45) is 7.27. The molecule has 0 aromatic heterocycles. The van der Waals surface area contributed by atoms with Gasteiger partial charge in [0.15, 0.2) is 0 Å². The molecule has 2 aliphatic rings. The monoisotopic (exact) mass is 389 g/mol. The molecule has 1 atom stereocenters. The summed E-state index contributed by atoms with van der Waals surface area (Å²) in [5, 5.41) is 5.91. The van der Waals surface area contributed by atoms with E-state index in [1.165, 1.54) is 12.5 Å². The number of rotatable bonds is 5. The Hall–Kier alpha value is -1.95. The van der Waals surface area contributed by atoms with E-state index in [2.05, 4.69) is 15.5 Å². The maximum atomic E-state index is 14.0. The second-order valence-corrected chi connectivity index (χ2v) is 8.30. The highest BCUT2D eigenvalue weighted by atomic mass is 19.1. The van der Waals surface area contributed by atoms with Gasteiger partial charge < -0.3 is 10.6 Å². The zero-order chi connectivity index (χ0) is 20.1. The molecular formula is C22H32FN3O2. The predicted molar refractivity (Wildman–Crippen MR) is 109 cm³/mol. The number of nitrogens with zero attached hydrogens (tertiary/aromatic N) is 1. The first-order valence-electron chi connectivity index (χ1n) is 10.6. The zero-order valence-electron chi connectivity index (χ0n) is 17.0. The Bertz CT molecular complexity index is 695. The molecule has 2 amide bonds. The molecule has 1 unspecified atom stereocenters. The average molecular weight is 390 g/mol. The van der Waals surface area contributed by atoms with Crippen LogP contribution in [0.1, 0.15) is 57.4 Å². The summed E-state index contributed by atoms with van der Waals surface area (Å²) in [5.74, 6) is -0.225. The number of carbonyl (C=O) groups excluding carboxylic acids is 2. The second-order valence-electron chi connectivity index (χ2n) is 8.30. The molecule has 28 heavy (non-hydrogen) atoms. The fourth-order valence-electron chi connectivity index (χ4n) is 4.24. The number of piperidine rings is 1. The molecule has 0 bridgehead atoms. The molecule has 3 rings (SSSR count). The van der Waals surface area contributed by atoms with Gasteiger partial charge in [-0.3, -0.25) is 14.5 Å². The highest BCUT2D eigenvalue weighted by Crippen LogP contribution is 2.24. The summed E-state index contributed by atoms with van der Waals surface area (Å²) in [6.45, 7) is 5.16. The van der Waals surface area contributed by atoms with Crippen LogP contribution < -0.4 is 10.6 Å². The van der Waals surface area contributed by atoms with E-state index in [0.717, 1.165) is 57.2 Å². The Kier molecular flexibility index (Phi) is 7.05. The van der Waals surface area contributed by atoms with Gasteiger partial charge in [-0.15, -0.1) is 0 Å². The van der Waals surface area contributed by atoms with E-state index in [0.29, 0.717) is 0 Å². The van der Waals surface area contributed by atoms with Crippen molar-refractivity contribution >= 4 is 17.5 Å². The van der Waals surface area contributed by atoms with Crippen molar-refractivity contribution in [3.63, 3.8) is 0 Å². The molecule has 1 aliphatic heterocycles. The number of likely N-dealkylation sites (tertiary alicyclic amines) is 1. The first-order chi connectivity index (χ1) is 13.4. The number of halogens is 1. The summed E-state index contributed by atoms with van der Waals surface area (Å²) in [4.78, 5) is 27.1. The molecule has 6 heteroatoms. The van der Waals surface area contributed by atoms with E-state index < -0.39 is 5.82 Å². The third-order valence-corrected chi connectivity index (χ3v) is 6.16. The van der Waals surface area contributed by atoms with Crippen molar-refractivity contribution in [2.75, 3.05) is 18.4 Å². The third-order valence-electron chi connectivity index (χ3n) is 6.16. The van der Waals surface area contributed by atoms with Gasteiger partial charge in [0.2, 0.25) is 11.8 Å². The molecule has 1 aliphatic carbocycles. The quantitative estimate of drug-likeness (QED) is 0.809. The summed E-state index contributed by atoms with van der Waals surface area (Å²) >= 11 is 0. The lowest BCUT2D eigenvalue weighted by atomic mass is 9.88. The minimum absolute atomic E-state index is 0.181. The van der Waals surface area contributed by atoms with E-state index in [1.807, 2.05) is 13.8 Å². The van der Waals surface area contributed by atoms with Crippen LogP contribution in [0.25, 0.3) is 0 Å². The van der Waals surface area contributed by atoms with Gasteiger partial charge in [-0.25, -0.2) is 4.39 Å². The Labute approximate surface area is 167 Å². The van der Waals surface area contributed by atoms with Crippen molar-refractivity contribution in [2.45, 2.75) is 70.9 Å². The van der Waals surface area contributed by atoms with Crippen LogP contribution in [0.4, 0.5) is 10.1 Å². The van der Waals surface area contributed by atoms with Crippen molar-refractivity contribution in [3.05, 3.63) is 29.6 Å². The van der Waals surface area contributed by atoms with Crippen LogP contribution >= 0.6 is 0 Å². The van der Waals surface area contributed by atoms with Gasteiger partial charge in [-0.1, -0.05) is 25.3 Å². The first kappa shape index (κ1) is 20.8. The standard InChI is InChI=1S/C22H32FN3O2/c1-15-8-9-20(19(23)14-15)25-21(27)16(2)26-12-10-18(11-13-26)24-22(28)17-6-4-3-5-7-17/h8-9,14,16-18H,3-7,10-13H2,1-2H3,(H,24,28)(H,25,27). The van der Waals surface area contributed by atoms with E-state index in [9.17, 15) is 14.0 Å². The van der Waals surface area contributed by atoms with E-state index in [1.54, 1.807) is 12.1 Å². The molecule has 2 N–H and O–H groups in total. The smallest absolute Gasteiger partial charge is 0.241 e. The Morgan fingerprint density at radius 1 is 1.11 bits per heavy atom. The zero-order valence-corrected chi connectivity index (χ0v) is 17.0. The fourth-order valence-corrected chi connectivity index (χ4v) is 4.24. The van der Waals surface area contributed by atoms with E-state index >= 15 is 0 Å². The normalized spacial score (nSPS) is 20.5. The van der Waals surface area contributed by atoms with Gasteiger partial charge in [0, 0.05) is 25.0 Å². The molecule has 1 aromatic carbocycles. The van der Waals surface area contributed by atoms with Crippen LogP contribution in [0.15, 0.2) is 18.2 Å². The van der Waals surface area contributed by atoms with Gasteiger partial charge >= 0.3 is 0 Å². The Balaban J connectivity index is 1.45. The summed E-state index contributed by atoms with van der Waals surface area (Å²) in [5.41, 5.74) is 1.04. The molecule has 0 spiro atoms. The molecule has 1 aromatic rings. The van der Waals surface area contributed by atoms with Crippen molar-refractivity contribution in [2.24, 2.45) is 5.92 Å². The Morgan fingerprint density at radius 3 is 2.43 bits per heavy atom. The predicted octanol–water partition coefficient (Wildman–Crippen LogP) is 3.62. The lowest BCUT2D eigenvalue weighted by Crippen LogP contribution is -2.51. The number of hydrogen-bond acceptors (Lipinski definition) is 3. The molecule has 154 valence electrons. The van der Waals surface area contributed by atoms with E-state index in [4.69, 9.17) is 0 Å². The molecule has 1 saturated heterocycles. The largest absolute Gasteiger partial charge is 0.353 e. The van der Waals surface area contributed by atoms with Gasteiger partial charge in [0.1, 0.15) is 5.82 Å². The summed E-state index contributed by atoms with van der Waals surface area (Å²) < 4.78 is 14.0. The number of hydrogen-bond donors (Lipinski definition) is 2. The van der Waals surface area contributed by atoms with Crippen LogP contribution in [-0.4, -0.2) is 41.9 Å². The molecule has 5 nitrogen and oxygen atoms in total. The molecule has 1 heterocycles. The second kappa shape index (κ2) is 9.50. The van der Waals surface area contributed by atoms with Gasteiger partial charge in [-0.05, 0) is 57.2 Å². The van der Waals surface area contributed by atoms with Crippen LogP contribution in [0.3, 0.4) is 0 Å². The van der Waals surface area contributed by atoms with Crippen LogP contribution in [0, 0.1) is 18.7 Å². The SMILES string of the molecule is Cc1ccc(NC(=O)C(C)N2CCC(NC(=O)C3CCCCC3)CC2)c(F)c1. The van der Waals surface area contributed by atoms with Crippen LogP contribution in [-0.2, 0) is 9.59 Å². The third kappa shape index (κ3) is 5.31. The van der Waals surface area contributed by atoms with Crippen molar-refractivity contribution in [1.29, 1.82) is 0 Å². The van der Waals surface area contributed by atoms with Crippen molar-refractivity contribution in [3.8, 4) is 0 Å². The summed E-state index contributed by atoms with van der Waals surface area (Å²) in [7, 11) is 0. The van der Waals surface area contributed by atoms with Gasteiger partial charge in [0.25, 0.3) is 0 Å². The first-order valence-corrected chi connectivity index (χ1v) is 10.6. The highest BCUT2D eigenvalue weighted by molar-refractivity contribution is 5.94. The number of nitrogens with one attached hydrogen (secondary N) is 2. The number of amides is 2. The minimum Gasteiger partial charge on any atom is -0.353 e. The van der Waals surface area contributed by atoms with Gasteiger partial charge in [-0.2, -0.15) is 0 Å². The number of benzene rings is 1. The lowest BCUT2D eigenvalue weighted by molar-refractivity contribution is -0.127. The molecule has 0 radical (unpaired) electrons. The fraction of sp³-hybridized carbons (Fsp3) is 0.636. The van der Waals surface area contributed by atoms with Crippen LogP contribution in [0.5, 0.6) is 0 Å². The Morgan fingerprint density at radius 2 is 1.79 bits per heavy atom. The van der Waals surface area contributed by atoms with Crippen LogP contribution in [0.2, 0.25) is 0 Å². The minimum atomic E-state index is -0.412. The van der Waals surface area contributed by atoms with Gasteiger partial charge in [0.05, 0.1) is 11.7 Å². The maximum Gasteiger partial charge on any atom is 0.241 e. The number of carbonyl (C=O) groups is 2. The van der Waals surface area contributed by atoms with E-state index in [-0.39, 0.29) is 35.5 Å². The lowest BCUT2D eigenvalue weighted by Gasteiger charge is -2.36. The molecule has 2 fully saturated rings. The maximum absolute atomic E-state index is 14.0. The molecule has 1 saturated carbocycles. The van der Waals surface area contributed by atoms with Crippen molar-refractivity contribution in [1.82, 2.24) is 10.2 Å². The number of anilines is 1. The highest BCUT2D eigenvalue weighted by Gasteiger charge is 2.29. The molecular weight excluding hydrogens is 357 g/mol. The average Bonchev–Trinajstić information content (AvgIpc) is 2.70. The number of aryl methyl sites for hydroxylation is 1. The topological polar surface area (TPSA) is 61.4 Å². The summed E-state index contributed by atoms with van der Waals surface area (Å²) in [6, 6.07) is 4.65.